The standard InChI is InChI=1S/C8H3F2IO4/c9-4-2(7(12)13)1-3(8(14)15)5(10)6(4)11/h1H,(H,12,13)(H,14,15). The lowest BCUT2D eigenvalue weighted by atomic mass is 10.1. The molecule has 0 saturated heterocycles. The van der Waals surface area contributed by atoms with E-state index in [2.05, 4.69) is 0 Å². The number of carbonyl (C=O) groups is 2. The fourth-order valence-electron chi connectivity index (χ4n) is 0.915. The summed E-state index contributed by atoms with van der Waals surface area (Å²) in [6, 6.07) is 0.456. The molecular formula is C8H3F2IO4. The molecule has 15 heavy (non-hydrogen) atoms. The first-order valence-corrected chi connectivity index (χ1v) is 4.58. The van der Waals surface area contributed by atoms with Crippen LogP contribution in [0.2, 0.25) is 0 Å². The zero-order valence-corrected chi connectivity index (χ0v) is 9.08. The molecule has 0 bridgehead atoms. The van der Waals surface area contributed by atoms with E-state index in [0.717, 1.165) is 0 Å². The smallest absolute Gasteiger partial charge is 0.338 e. The molecule has 2 N–H and O–H groups in total. The minimum atomic E-state index is -1.65. The van der Waals surface area contributed by atoms with E-state index in [-0.39, 0.29) is 0 Å². The van der Waals surface area contributed by atoms with Gasteiger partial charge in [-0.2, -0.15) is 0 Å². The lowest BCUT2D eigenvalue weighted by Crippen LogP contribution is -2.10. The summed E-state index contributed by atoms with van der Waals surface area (Å²) in [6.45, 7) is 0. The second-order valence-corrected chi connectivity index (χ2v) is 3.60. The molecule has 4 nitrogen and oxygen atoms in total. The van der Waals surface area contributed by atoms with Gasteiger partial charge in [0.15, 0.2) is 11.6 Å². The van der Waals surface area contributed by atoms with Crippen LogP contribution in [0.5, 0.6) is 0 Å². The van der Waals surface area contributed by atoms with Gasteiger partial charge in [0.2, 0.25) is 0 Å². The number of carboxylic acids is 2. The summed E-state index contributed by atoms with van der Waals surface area (Å²) in [7, 11) is 0. The molecule has 0 radical (unpaired) electrons. The lowest BCUT2D eigenvalue weighted by molar-refractivity contribution is 0.0691. The van der Waals surface area contributed by atoms with Crippen molar-refractivity contribution < 1.29 is 28.6 Å². The Bertz CT molecular complexity index is 420. The van der Waals surface area contributed by atoms with Gasteiger partial charge in [-0.1, -0.05) is 0 Å². The summed E-state index contributed by atoms with van der Waals surface area (Å²) in [5, 5.41) is 17.1. The fourth-order valence-corrected chi connectivity index (χ4v) is 1.50. The highest BCUT2D eigenvalue weighted by molar-refractivity contribution is 14.1. The first kappa shape index (κ1) is 11.8. The third kappa shape index (κ3) is 2.06. The summed E-state index contributed by atoms with van der Waals surface area (Å²) < 4.78 is 25.6. The number of hydrogen-bond acceptors (Lipinski definition) is 2. The Balaban J connectivity index is 3.59. The number of carboxylic acid groups (broad SMARTS) is 2. The monoisotopic (exact) mass is 328 g/mol. The average Bonchev–Trinajstić information content (AvgIpc) is 2.13. The molecule has 0 amide bonds. The van der Waals surface area contributed by atoms with Gasteiger partial charge in [0, 0.05) is 0 Å². The van der Waals surface area contributed by atoms with Crippen molar-refractivity contribution in [3.63, 3.8) is 0 Å². The zero-order valence-electron chi connectivity index (χ0n) is 6.92. The molecule has 0 spiro atoms. The maximum absolute atomic E-state index is 13.1. The van der Waals surface area contributed by atoms with Crippen LogP contribution in [-0.4, -0.2) is 22.2 Å². The zero-order chi connectivity index (χ0) is 11.7. The Kier molecular flexibility index (Phi) is 3.22. The molecule has 7 heteroatoms. The van der Waals surface area contributed by atoms with Gasteiger partial charge < -0.3 is 10.2 Å². The van der Waals surface area contributed by atoms with Crippen LogP contribution in [0.25, 0.3) is 0 Å². The second-order valence-electron chi connectivity index (χ2n) is 2.52. The Morgan fingerprint density at radius 1 is 1.07 bits per heavy atom. The van der Waals surface area contributed by atoms with Gasteiger partial charge in [-0.3, -0.25) is 0 Å². The molecule has 1 rings (SSSR count). The maximum Gasteiger partial charge on any atom is 0.338 e. The summed E-state index contributed by atoms with van der Waals surface area (Å²) >= 11 is 1.21. The van der Waals surface area contributed by atoms with Crippen molar-refractivity contribution in [3.8, 4) is 0 Å². The van der Waals surface area contributed by atoms with Crippen LogP contribution in [0.15, 0.2) is 6.07 Å². The van der Waals surface area contributed by atoms with E-state index in [1.54, 1.807) is 0 Å². The fraction of sp³-hybridized carbons (Fsp3) is 0. The summed E-state index contributed by atoms with van der Waals surface area (Å²) in [4.78, 5) is 21.0. The van der Waals surface area contributed by atoms with Gasteiger partial charge in [-0.25, -0.2) is 18.4 Å². The molecule has 0 heterocycles. The molecule has 0 unspecified atom stereocenters. The predicted molar refractivity (Wildman–Crippen MR) is 53.0 cm³/mol. The molecule has 1 aromatic rings. The van der Waals surface area contributed by atoms with Gasteiger partial charge >= 0.3 is 11.9 Å². The third-order valence-corrected chi connectivity index (χ3v) is 2.55. The highest BCUT2D eigenvalue weighted by atomic mass is 127. The van der Waals surface area contributed by atoms with Crippen molar-refractivity contribution in [1.82, 2.24) is 0 Å². The molecule has 80 valence electrons. The highest BCUT2D eigenvalue weighted by Gasteiger charge is 2.23. The highest BCUT2D eigenvalue weighted by Crippen LogP contribution is 2.22. The Morgan fingerprint density at radius 3 is 1.67 bits per heavy atom. The lowest BCUT2D eigenvalue weighted by Gasteiger charge is -2.04. The predicted octanol–water partition coefficient (Wildman–Crippen LogP) is 1.97. The second kappa shape index (κ2) is 4.09. The van der Waals surface area contributed by atoms with Gasteiger partial charge in [-0.15, -0.1) is 0 Å². The van der Waals surface area contributed by atoms with Crippen molar-refractivity contribution in [3.05, 3.63) is 32.4 Å². The normalized spacial score (nSPS) is 10.1. The molecule has 0 aliphatic heterocycles. The summed E-state index contributed by atoms with van der Waals surface area (Å²) in [6.07, 6.45) is 0. The van der Waals surface area contributed by atoms with Gasteiger partial charge in [0.25, 0.3) is 0 Å². The SMILES string of the molecule is O=C(O)c1cc(C(=O)O)c(F)c(I)c1F. The van der Waals surface area contributed by atoms with Crippen molar-refractivity contribution in [2.24, 2.45) is 0 Å². The molecule has 1 aromatic carbocycles. The minimum absolute atomic E-state index is 0.456. The molecule has 0 aromatic heterocycles. The van der Waals surface area contributed by atoms with E-state index in [9.17, 15) is 18.4 Å². The number of aromatic carboxylic acids is 2. The van der Waals surface area contributed by atoms with Crippen LogP contribution >= 0.6 is 22.6 Å². The van der Waals surface area contributed by atoms with Crippen LogP contribution in [0.4, 0.5) is 8.78 Å². The maximum atomic E-state index is 13.1. The Hall–Kier alpha value is -1.25. The number of benzene rings is 1. The molecule has 0 fully saturated rings. The minimum Gasteiger partial charge on any atom is -0.478 e. The van der Waals surface area contributed by atoms with E-state index in [0.29, 0.717) is 6.07 Å². The van der Waals surface area contributed by atoms with E-state index in [1.165, 1.54) is 22.6 Å². The Morgan fingerprint density at radius 2 is 1.40 bits per heavy atom. The number of halogens is 3. The van der Waals surface area contributed by atoms with E-state index in [4.69, 9.17) is 10.2 Å². The van der Waals surface area contributed by atoms with Gasteiger partial charge in [-0.05, 0) is 28.7 Å². The molecule has 0 aliphatic rings. The first-order chi connectivity index (χ1) is 6.86. The number of rotatable bonds is 2. The van der Waals surface area contributed by atoms with E-state index in [1.807, 2.05) is 0 Å². The van der Waals surface area contributed by atoms with E-state index >= 15 is 0 Å². The van der Waals surface area contributed by atoms with E-state index < -0.39 is 38.3 Å². The summed E-state index contributed by atoms with van der Waals surface area (Å²) in [5.74, 6) is -5.84. The van der Waals surface area contributed by atoms with Gasteiger partial charge in [0.05, 0.1) is 14.7 Å². The quantitative estimate of drug-likeness (QED) is 0.643. The van der Waals surface area contributed by atoms with Crippen LogP contribution in [0.3, 0.4) is 0 Å². The average molecular weight is 328 g/mol. The van der Waals surface area contributed by atoms with Crippen molar-refractivity contribution in [2.45, 2.75) is 0 Å². The third-order valence-electron chi connectivity index (χ3n) is 1.61. The topological polar surface area (TPSA) is 74.6 Å². The van der Waals surface area contributed by atoms with Crippen LogP contribution in [-0.2, 0) is 0 Å². The Labute approximate surface area is 95.7 Å². The van der Waals surface area contributed by atoms with Crippen molar-refractivity contribution in [2.75, 3.05) is 0 Å². The van der Waals surface area contributed by atoms with Crippen molar-refractivity contribution in [1.29, 1.82) is 0 Å². The summed E-state index contributed by atoms with van der Waals surface area (Å²) in [5.41, 5.74) is -1.73. The molecule has 0 saturated carbocycles. The molecular weight excluding hydrogens is 325 g/mol. The molecule has 0 atom stereocenters. The van der Waals surface area contributed by atoms with Crippen LogP contribution in [0, 0.1) is 15.2 Å². The van der Waals surface area contributed by atoms with Crippen molar-refractivity contribution >= 4 is 34.5 Å². The number of hydrogen-bond donors (Lipinski definition) is 2. The first-order valence-electron chi connectivity index (χ1n) is 3.50. The van der Waals surface area contributed by atoms with Crippen LogP contribution < -0.4 is 0 Å². The van der Waals surface area contributed by atoms with Gasteiger partial charge in [0.1, 0.15) is 0 Å². The van der Waals surface area contributed by atoms with Crippen LogP contribution in [0.1, 0.15) is 20.7 Å². The largest absolute Gasteiger partial charge is 0.478 e. The molecule has 0 aliphatic carbocycles.